The van der Waals surface area contributed by atoms with Gasteiger partial charge in [0.05, 0.1) is 23.0 Å². The number of anilines is 1. The van der Waals surface area contributed by atoms with Crippen LogP contribution in [0.1, 0.15) is 5.56 Å². The van der Waals surface area contributed by atoms with Crippen molar-refractivity contribution < 1.29 is 13.2 Å². The Kier molecular flexibility index (Phi) is 2.04. The molecule has 0 amide bonds. The predicted octanol–water partition coefficient (Wildman–Crippen LogP) is 2.59. The van der Waals surface area contributed by atoms with E-state index < -0.39 is 11.7 Å². The van der Waals surface area contributed by atoms with Crippen molar-refractivity contribution in [3.63, 3.8) is 0 Å². The first kappa shape index (κ1) is 10.1. The van der Waals surface area contributed by atoms with Crippen LogP contribution in [0.2, 0.25) is 5.15 Å². The van der Waals surface area contributed by atoms with Gasteiger partial charge in [0.1, 0.15) is 5.15 Å². The number of hydrogen-bond acceptors (Lipinski definition) is 2. The van der Waals surface area contributed by atoms with E-state index in [2.05, 4.69) is 5.10 Å². The number of nitrogens with two attached hydrogens (primary N) is 1. The minimum atomic E-state index is -4.46. The summed E-state index contributed by atoms with van der Waals surface area (Å²) < 4.78 is 38.6. The molecule has 0 spiro atoms. The third kappa shape index (κ3) is 1.61. The lowest BCUT2D eigenvalue weighted by molar-refractivity contribution is -0.136. The summed E-state index contributed by atoms with van der Waals surface area (Å²) in [7, 11) is 0. The van der Waals surface area contributed by atoms with Gasteiger partial charge in [-0.25, -0.2) is 4.52 Å². The second-order valence-corrected chi connectivity index (χ2v) is 3.35. The van der Waals surface area contributed by atoms with Crippen LogP contribution >= 0.6 is 11.6 Å². The molecule has 0 saturated carbocycles. The summed E-state index contributed by atoms with van der Waals surface area (Å²) in [6, 6.07) is 2.00. The molecule has 0 aliphatic heterocycles. The Morgan fingerprint density at radius 2 is 2.00 bits per heavy atom. The van der Waals surface area contributed by atoms with Gasteiger partial charge < -0.3 is 5.73 Å². The molecule has 2 aromatic heterocycles. The summed E-state index contributed by atoms with van der Waals surface area (Å²) in [4.78, 5) is 0. The van der Waals surface area contributed by atoms with Crippen LogP contribution in [0.4, 0.5) is 18.9 Å². The van der Waals surface area contributed by atoms with Crippen LogP contribution in [0.3, 0.4) is 0 Å². The molecule has 0 bridgehead atoms. The normalized spacial score (nSPS) is 12.3. The van der Waals surface area contributed by atoms with E-state index in [0.29, 0.717) is 0 Å². The molecule has 0 aliphatic carbocycles. The molecule has 0 fully saturated rings. The molecule has 0 unspecified atom stereocenters. The van der Waals surface area contributed by atoms with E-state index in [1.807, 2.05) is 0 Å². The molecule has 0 radical (unpaired) electrons. The predicted molar refractivity (Wildman–Crippen MR) is 49.6 cm³/mol. The van der Waals surface area contributed by atoms with E-state index in [4.69, 9.17) is 17.3 Å². The smallest absolute Gasteiger partial charge is 0.397 e. The van der Waals surface area contributed by atoms with Crippen LogP contribution in [0.15, 0.2) is 18.3 Å². The highest BCUT2D eigenvalue weighted by Crippen LogP contribution is 2.35. The molecule has 15 heavy (non-hydrogen) atoms. The number of aromatic nitrogens is 2. The number of hydrogen-bond donors (Lipinski definition) is 1. The molecule has 0 aromatic carbocycles. The fourth-order valence-electron chi connectivity index (χ4n) is 1.29. The molecular formula is C8H5ClF3N3. The van der Waals surface area contributed by atoms with Gasteiger partial charge >= 0.3 is 6.18 Å². The molecule has 2 N–H and O–H groups in total. The van der Waals surface area contributed by atoms with E-state index >= 15 is 0 Å². The Labute approximate surface area is 87.2 Å². The third-order valence-electron chi connectivity index (χ3n) is 1.90. The number of nitrogen functional groups attached to an aromatic ring is 1. The van der Waals surface area contributed by atoms with Crippen molar-refractivity contribution in [2.75, 3.05) is 5.73 Å². The van der Waals surface area contributed by atoms with Gasteiger partial charge in [-0.2, -0.15) is 18.3 Å². The van der Waals surface area contributed by atoms with E-state index in [9.17, 15) is 13.2 Å². The monoisotopic (exact) mass is 235 g/mol. The van der Waals surface area contributed by atoms with E-state index in [0.717, 1.165) is 10.6 Å². The first-order chi connectivity index (χ1) is 6.89. The Morgan fingerprint density at radius 1 is 1.33 bits per heavy atom. The summed E-state index contributed by atoms with van der Waals surface area (Å²) in [6.07, 6.45) is -3.23. The fourth-order valence-corrected chi connectivity index (χ4v) is 1.53. The highest BCUT2D eigenvalue weighted by atomic mass is 35.5. The van der Waals surface area contributed by atoms with Crippen molar-refractivity contribution in [2.24, 2.45) is 0 Å². The maximum absolute atomic E-state index is 12.5. The van der Waals surface area contributed by atoms with Crippen molar-refractivity contribution in [2.45, 2.75) is 6.18 Å². The van der Waals surface area contributed by atoms with E-state index in [-0.39, 0.29) is 16.4 Å². The zero-order valence-electron chi connectivity index (χ0n) is 7.22. The molecule has 3 nitrogen and oxygen atoms in total. The third-order valence-corrected chi connectivity index (χ3v) is 2.17. The highest BCUT2D eigenvalue weighted by molar-refractivity contribution is 6.30. The molecule has 0 saturated heterocycles. The standard InChI is InChI=1S/C8H5ClF3N3/c9-7-2-5(8(10,11)12)6-1-4(13)3-14-15(6)7/h1-3H,13H2. The average Bonchev–Trinajstić information content (AvgIpc) is 2.42. The van der Waals surface area contributed by atoms with Gasteiger partial charge in [-0.05, 0) is 12.1 Å². The molecule has 80 valence electrons. The number of fused-ring (bicyclic) bond motifs is 1. The molecule has 2 aromatic rings. The number of halogens is 4. The molecule has 0 aliphatic rings. The van der Waals surface area contributed by atoms with Crippen LogP contribution < -0.4 is 5.73 Å². The highest BCUT2D eigenvalue weighted by Gasteiger charge is 2.34. The summed E-state index contributed by atoms with van der Waals surface area (Å²) in [5, 5.41) is 3.57. The van der Waals surface area contributed by atoms with Crippen LogP contribution in [0.25, 0.3) is 5.52 Å². The SMILES string of the molecule is Nc1cnn2c(Cl)cc(C(F)(F)F)c2c1. The maximum atomic E-state index is 12.5. The lowest BCUT2D eigenvalue weighted by Crippen LogP contribution is -2.05. The van der Waals surface area contributed by atoms with E-state index in [1.54, 1.807) is 0 Å². The summed E-state index contributed by atoms with van der Waals surface area (Å²) in [6.45, 7) is 0. The Bertz CT molecular complexity index is 518. The van der Waals surface area contributed by atoms with Crippen LogP contribution in [-0.4, -0.2) is 9.61 Å². The van der Waals surface area contributed by atoms with Gasteiger partial charge in [0, 0.05) is 0 Å². The molecule has 0 atom stereocenters. The Hall–Kier alpha value is -1.43. The Balaban J connectivity index is 2.81. The second-order valence-electron chi connectivity index (χ2n) is 2.96. The first-order valence-corrected chi connectivity index (χ1v) is 4.27. The largest absolute Gasteiger partial charge is 0.418 e. The molecule has 2 heterocycles. The van der Waals surface area contributed by atoms with E-state index in [1.165, 1.54) is 12.3 Å². The van der Waals surface area contributed by atoms with Gasteiger partial charge in [-0.3, -0.25) is 0 Å². The zero-order chi connectivity index (χ0) is 11.2. The van der Waals surface area contributed by atoms with Gasteiger partial charge in [0.2, 0.25) is 0 Å². The number of alkyl halides is 3. The van der Waals surface area contributed by atoms with Crippen molar-refractivity contribution >= 4 is 22.8 Å². The fraction of sp³-hybridized carbons (Fsp3) is 0.125. The zero-order valence-corrected chi connectivity index (χ0v) is 7.97. The van der Waals surface area contributed by atoms with Crippen LogP contribution in [0.5, 0.6) is 0 Å². The minimum Gasteiger partial charge on any atom is -0.397 e. The molecule has 2 rings (SSSR count). The lowest BCUT2D eigenvalue weighted by Gasteiger charge is -2.04. The second kappa shape index (κ2) is 3.03. The maximum Gasteiger partial charge on any atom is 0.418 e. The van der Waals surface area contributed by atoms with Crippen LogP contribution in [-0.2, 0) is 6.18 Å². The quantitative estimate of drug-likeness (QED) is 0.763. The van der Waals surface area contributed by atoms with Gasteiger partial charge in [0.25, 0.3) is 0 Å². The number of rotatable bonds is 0. The average molecular weight is 236 g/mol. The Morgan fingerprint density at radius 3 is 2.60 bits per heavy atom. The summed E-state index contributed by atoms with van der Waals surface area (Å²) in [5.74, 6) is 0. The first-order valence-electron chi connectivity index (χ1n) is 3.89. The molecule has 7 heteroatoms. The van der Waals surface area contributed by atoms with Gasteiger partial charge in [-0.15, -0.1) is 0 Å². The molecular weight excluding hydrogens is 231 g/mol. The van der Waals surface area contributed by atoms with Crippen molar-refractivity contribution in [3.05, 3.63) is 29.0 Å². The van der Waals surface area contributed by atoms with Crippen molar-refractivity contribution in [3.8, 4) is 0 Å². The van der Waals surface area contributed by atoms with Crippen molar-refractivity contribution in [1.29, 1.82) is 0 Å². The summed E-state index contributed by atoms with van der Waals surface area (Å²) >= 11 is 5.60. The van der Waals surface area contributed by atoms with Gasteiger partial charge in [0.15, 0.2) is 0 Å². The number of nitrogens with zero attached hydrogens (tertiary/aromatic N) is 2. The van der Waals surface area contributed by atoms with Crippen LogP contribution in [0, 0.1) is 0 Å². The minimum absolute atomic E-state index is 0.0997. The summed E-state index contributed by atoms with van der Waals surface area (Å²) in [5.41, 5.74) is 4.53. The topological polar surface area (TPSA) is 43.3 Å². The van der Waals surface area contributed by atoms with Gasteiger partial charge in [-0.1, -0.05) is 11.6 Å². The lowest BCUT2D eigenvalue weighted by atomic mass is 10.2. The van der Waals surface area contributed by atoms with Crippen molar-refractivity contribution in [1.82, 2.24) is 9.61 Å².